The highest BCUT2D eigenvalue weighted by molar-refractivity contribution is 5.82. The smallest absolute Gasteiger partial charge is 0.326 e. The van der Waals surface area contributed by atoms with Crippen molar-refractivity contribution in [3.05, 3.63) is 35.9 Å². The molecule has 0 aliphatic carbocycles. The van der Waals surface area contributed by atoms with Crippen LogP contribution in [0.1, 0.15) is 25.3 Å². The number of carboxylic acid groups (broad SMARTS) is 1. The van der Waals surface area contributed by atoms with Gasteiger partial charge in [-0.1, -0.05) is 43.7 Å². The number of carbonyl (C=O) groups is 2. The molecule has 5 nitrogen and oxygen atoms in total. The predicted molar refractivity (Wildman–Crippen MR) is 77.6 cm³/mol. The number of carboxylic acids is 1. The Labute approximate surface area is 119 Å². The maximum absolute atomic E-state index is 11.9. The molecule has 0 aliphatic heterocycles. The molecule has 1 rings (SSSR count). The molecular weight excluding hydrogens is 256 g/mol. The summed E-state index contributed by atoms with van der Waals surface area (Å²) in [7, 11) is 1.67. The molecule has 1 unspecified atom stereocenters. The van der Waals surface area contributed by atoms with E-state index in [-0.39, 0.29) is 6.03 Å². The van der Waals surface area contributed by atoms with Crippen LogP contribution in [0.25, 0.3) is 0 Å². The van der Waals surface area contributed by atoms with Crippen LogP contribution in [0.3, 0.4) is 0 Å². The highest BCUT2D eigenvalue weighted by Crippen LogP contribution is 2.02. The van der Waals surface area contributed by atoms with Crippen LogP contribution < -0.4 is 5.32 Å². The van der Waals surface area contributed by atoms with Crippen molar-refractivity contribution in [2.24, 2.45) is 0 Å². The summed E-state index contributed by atoms with van der Waals surface area (Å²) < 4.78 is 0. The molecule has 1 atom stereocenters. The number of benzene rings is 1. The van der Waals surface area contributed by atoms with Crippen LogP contribution in [-0.4, -0.2) is 41.6 Å². The monoisotopic (exact) mass is 278 g/mol. The third kappa shape index (κ3) is 5.30. The van der Waals surface area contributed by atoms with Gasteiger partial charge in [-0.05, 0) is 18.4 Å². The van der Waals surface area contributed by atoms with Crippen molar-refractivity contribution in [2.45, 2.75) is 32.2 Å². The maximum atomic E-state index is 11.9. The van der Waals surface area contributed by atoms with Gasteiger partial charge in [-0.25, -0.2) is 9.59 Å². The maximum Gasteiger partial charge on any atom is 0.326 e. The summed E-state index contributed by atoms with van der Waals surface area (Å²) in [6.45, 7) is 2.44. The zero-order chi connectivity index (χ0) is 15.0. The van der Waals surface area contributed by atoms with Crippen LogP contribution in [0.2, 0.25) is 0 Å². The second kappa shape index (κ2) is 8.19. The van der Waals surface area contributed by atoms with Gasteiger partial charge in [0.25, 0.3) is 0 Å². The Morgan fingerprint density at radius 2 is 1.95 bits per heavy atom. The number of nitrogens with zero attached hydrogens (tertiary/aromatic N) is 1. The van der Waals surface area contributed by atoms with E-state index >= 15 is 0 Å². The lowest BCUT2D eigenvalue weighted by Gasteiger charge is -2.21. The van der Waals surface area contributed by atoms with E-state index in [9.17, 15) is 9.59 Å². The molecule has 110 valence electrons. The lowest BCUT2D eigenvalue weighted by atomic mass is 10.1. The van der Waals surface area contributed by atoms with Gasteiger partial charge < -0.3 is 15.3 Å². The van der Waals surface area contributed by atoms with E-state index in [4.69, 9.17) is 5.11 Å². The summed E-state index contributed by atoms with van der Waals surface area (Å²) in [5, 5.41) is 11.6. The summed E-state index contributed by atoms with van der Waals surface area (Å²) >= 11 is 0. The molecule has 0 bridgehead atoms. The van der Waals surface area contributed by atoms with Crippen molar-refractivity contribution >= 4 is 12.0 Å². The van der Waals surface area contributed by atoms with Crippen molar-refractivity contribution in [3.63, 3.8) is 0 Å². The molecule has 20 heavy (non-hydrogen) atoms. The minimum absolute atomic E-state index is 0.346. The topological polar surface area (TPSA) is 69.6 Å². The minimum atomic E-state index is -0.989. The van der Waals surface area contributed by atoms with Crippen molar-refractivity contribution in [3.8, 4) is 0 Å². The number of urea groups is 1. The van der Waals surface area contributed by atoms with Gasteiger partial charge in [-0.2, -0.15) is 0 Å². The lowest BCUT2D eigenvalue weighted by Crippen LogP contribution is -2.47. The second-order valence-electron chi connectivity index (χ2n) is 4.79. The first kappa shape index (κ1) is 16.0. The van der Waals surface area contributed by atoms with Gasteiger partial charge in [-0.3, -0.25) is 0 Å². The van der Waals surface area contributed by atoms with Crippen molar-refractivity contribution in [1.82, 2.24) is 10.2 Å². The normalized spacial score (nSPS) is 11.7. The molecule has 0 saturated heterocycles. The van der Waals surface area contributed by atoms with E-state index in [0.717, 1.165) is 12.0 Å². The van der Waals surface area contributed by atoms with Crippen LogP contribution in [-0.2, 0) is 11.2 Å². The summed E-state index contributed by atoms with van der Waals surface area (Å²) in [6.07, 6.45) is 1.90. The van der Waals surface area contributed by atoms with E-state index in [1.165, 1.54) is 4.90 Å². The third-order valence-corrected chi connectivity index (χ3v) is 3.10. The highest BCUT2D eigenvalue weighted by Gasteiger charge is 2.20. The SMILES string of the molecule is CCCC(NC(=O)N(C)CCc1ccccc1)C(=O)O. The molecule has 5 heteroatoms. The first-order chi connectivity index (χ1) is 9.54. The number of nitrogens with one attached hydrogen (secondary N) is 1. The van der Waals surface area contributed by atoms with Gasteiger partial charge in [0.2, 0.25) is 0 Å². The van der Waals surface area contributed by atoms with Crippen LogP contribution in [0.15, 0.2) is 30.3 Å². The highest BCUT2D eigenvalue weighted by atomic mass is 16.4. The number of rotatable bonds is 7. The van der Waals surface area contributed by atoms with Gasteiger partial charge in [0.05, 0.1) is 0 Å². The zero-order valence-corrected chi connectivity index (χ0v) is 12.0. The largest absolute Gasteiger partial charge is 0.480 e. The Bertz CT molecular complexity index is 434. The molecule has 1 aromatic rings. The molecule has 0 aliphatic rings. The lowest BCUT2D eigenvalue weighted by molar-refractivity contribution is -0.139. The molecular formula is C15H22N2O3. The van der Waals surface area contributed by atoms with Crippen molar-refractivity contribution in [2.75, 3.05) is 13.6 Å². The van der Waals surface area contributed by atoms with Gasteiger partial charge in [0.15, 0.2) is 0 Å². The summed E-state index contributed by atoms with van der Waals surface area (Å²) in [4.78, 5) is 24.4. The third-order valence-electron chi connectivity index (χ3n) is 3.10. The zero-order valence-electron chi connectivity index (χ0n) is 12.0. The first-order valence-electron chi connectivity index (χ1n) is 6.83. The molecule has 0 saturated carbocycles. The average Bonchev–Trinajstić information content (AvgIpc) is 2.45. The fraction of sp³-hybridized carbons (Fsp3) is 0.467. The minimum Gasteiger partial charge on any atom is -0.480 e. The van der Waals surface area contributed by atoms with Gasteiger partial charge in [0.1, 0.15) is 6.04 Å². The fourth-order valence-corrected chi connectivity index (χ4v) is 1.85. The Morgan fingerprint density at radius 3 is 2.50 bits per heavy atom. The number of hydrogen-bond donors (Lipinski definition) is 2. The van der Waals surface area contributed by atoms with E-state index in [0.29, 0.717) is 19.4 Å². The molecule has 2 amide bonds. The standard InChI is InChI=1S/C15H22N2O3/c1-3-7-13(14(18)19)16-15(20)17(2)11-10-12-8-5-4-6-9-12/h4-6,8-9,13H,3,7,10-11H2,1-2H3,(H,16,20)(H,18,19). The Balaban J connectivity index is 2.44. The van der Waals surface area contributed by atoms with E-state index in [1.54, 1.807) is 7.05 Å². The Kier molecular flexibility index (Phi) is 6.56. The Morgan fingerprint density at radius 1 is 1.30 bits per heavy atom. The summed E-state index contributed by atoms with van der Waals surface area (Å²) in [5.41, 5.74) is 1.15. The van der Waals surface area contributed by atoms with Crippen molar-refractivity contribution < 1.29 is 14.7 Å². The summed E-state index contributed by atoms with van der Waals surface area (Å²) in [5.74, 6) is -0.989. The molecule has 0 fully saturated rings. The van der Waals surface area contributed by atoms with Crippen LogP contribution in [0, 0.1) is 0 Å². The molecule has 0 heterocycles. The quantitative estimate of drug-likeness (QED) is 0.802. The number of aliphatic carboxylic acids is 1. The van der Waals surface area contributed by atoms with E-state index < -0.39 is 12.0 Å². The predicted octanol–water partition coefficient (Wildman–Crippen LogP) is 2.12. The van der Waals surface area contributed by atoms with E-state index in [1.807, 2.05) is 37.3 Å². The summed E-state index contributed by atoms with van der Waals surface area (Å²) in [6, 6.07) is 8.70. The van der Waals surface area contributed by atoms with Gasteiger partial charge in [0, 0.05) is 13.6 Å². The molecule has 2 N–H and O–H groups in total. The van der Waals surface area contributed by atoms with Crippen molar-refractivity contribution in [1.29, 1.82) is 0 Å². The fourth-order valence-electron chi connectivity index (χ4n) is 1.85. The number of carbonyl (C=O) groups excluding carboxylic acids is 1. The number of hydrogen-bond acceptors (Lipinski definition) is 2. The molecule has 0 spiro atoms. The second-order valence-corrected chi connectivity index (χ2v) is 4.79. The van der Waals surface area contributed by atoms with E-state index in [2.05, 4.69) is 5.32 Å². The first-order valence-corrected chi connectivity index (χ1v) is 6.83. The van der Waals surface area contributed by atoms with Crippen LogP contribution in [0.5, 0.6) is 0 Å². The molecule has 1 aromatic carbocycles. The molecule has 0 aromatic heterocycles. The number of likely N-dealkylation sites (N-methyl/N-ethyl adjacent to an activating group) is 1. The number of amides is 2. The van der Waals surface area contributed by atoms with Crippen LogP contribution >= 0.6 is 0 Å². The average molecular weight is 278 g/mol. The van der Waals surface area contributed by atoms with Gasteiger partial charge >= 0.3 is 12.0 Å². The molecule has 0 radical (unpaired) electrons. The Hall–Kier alpha value is -2.04. The van der Waals surface area contributed by atoms with Crippen LogP contribution in [0.4, 0.5) is 4.79 Å². The van der Waals surface area contributed by atoms with Gasteiger partial charge in [-0.15, -0.1) is 0 Å².